The lowest BCUT2D eigenvalue weighted by Gasteiger charge is -2.27. The van der Waals surface area contributed by atoms with E-state index >= 15 is 0 Å². The van der Waals surface area contributed by atoms with E-state index in [1.165, 1.54) is 0 Å². The molecule has 5 heteroatoms. The van der Waals surface area contributed by atoms with Crippen LogP contribution in [0.25, 0.3) is 0 Å². The van der Waals surface area contributed by atoms with Crippen molar-refractivity contribution >= 4 is 5.91 Å². The first-order valence-electron chi connectivity index (χ1n) is 7.24. The Labute approximate surface area is 125 Å². The molecule has 1 atom stereocenters. The largest absolute Gasteiger partial charge is 0.507 e. The summed E-state index contributed by atoms with van der Waals surface area (Å²) in [7, 11) is 0. The fraction of sp³-hybridized carbons (Fsp3) is 0.562. The van der Waals surface area contributed by atoms with Crippen molar-refractivity contribution in [3.8, 4) is 5.75 Å². The highest BCUT2D eigenvalue weighted by Gasteiger charge is 2.25. The fourth-order valence-electron chi connectivity index (χ4n) is 2.23. The fourth-order valence-corrected chi connectivity index (χ4v) is 2.23. The average Bonchev–Trinajstić information content (AvgIpc) is 2.47. The van der Waals surface area contributed by atoms with Crippen LogP contribution in [0.15, 0.2) is 12.1 Å². The Kier molecular flexibility index (Phi) is 6.18. The van der Waals surface area contributed by atoms with Crippen molar-refractivity contribution in [1.82, 2.24) is 5.32 Å². The zero-order valence-electron chi connectivity index (χ0n) is 12.9. The number of nitrogens with one attached hydrogen (secondary N) is 1. The zero-order chi connectivity index (χ0) is 16.0. The second-order valence-corrected chi connectivity index (χ2v) is 5.55. The number of rotatable bonds is 7. The molecule has 0 aliphatic rings. The van der Waals surface area contributed by atoms with Crippen molar-refractivity contribution in [3.05, 3.63) is 28.8 Å². The highest BCUT2D eigenvalue weighted by molar-refractivity contribution is 5.94. The van der Waals surface area contributed by atoms with E-state index in [9.17, 15) is 15.0 Å². The lowest BCUT2D eigenvalue weighted by molar-refractivity contribution is 0.0212. The van der Waals surface area contributed by atoms with Gasteiger partial charge in [-0.15, -0.1) is 0 Å². The minimum absolute atomic E-state index is 0.0204. The Hall–Kier alpha value is -1.59. The summed E-state index contributed by atoms with van der Waals surface area (Å²) in [5.41, 5.74) is 0.750. The number of hydrogen-bond acceptors (Lipinski definition) is 4. The van der Waals surface area contributed by atoms with E-state index in [-0.39, 0.29) is 24.8 Å². The summed E-state index contributed by atoms with van der Waals surface area (Å²) in [5, 5.41) is 31.6. The van der Waals surface area contributed by atoms with Crippen LogP contribution in [0, 0.1) is 13.8 Å². The molecule has 0 aliphatic heterocycles. The SMILES string of the molecule is CC[C@](O)(CCCO)CNC(=O)c1cc(C)c(O)c(C)c1. The molecular weight excluding hydrogens is 270 g/mol. The van der Waals surface area contributed by atoms with Crippen LogP contribution in [-0.2, 0) is 0 Å². The summed E-state index contributed by atoms with van der Waals surface area (Å²) < 4.78 is 0. The Bertz CT molecular complexity index is 478. The summed E-state index contributed by atoms with van der Waals surface area (Å²) in [6, 6.07) is 3.24. The number of phenols is 1. The lowest BCUT2D eigenvalue weighted by atomic mass is 9.94. The average molecular weight is 295 g/mol. The molecule has 0 radical (unpaired) electrons. The van der Waals surface area contributed by atoms with Gasteiger partial charge in [-0.3, -0.25) is 4.79 Å². The van der Waals surface area contributed by atoms with Crippen LogP contribution in [-0.4, -0.2) is 40.0 Å². The van der Waals surface area contributed by atoms with Gasteiger partial charge in [-0.1, -0.05) is 6.92 Å². The molecule has 4 N–H and O–H groups in total. The van der Waals surface area contributed by atoms with E-state index in [1.807, 2.05) is 6.92 Å². The smallest absolute Gasteiger partial charge is 0.251 e. The van der Waals surface area contributed by atoms with Gasteiger partial charge in [0.05, 0.1) is 5.60 Å². The minimum Gasteiger partial charge on any atom is -0.507 e. The first kappa shape index (κ1) is 17.5. The number of aliphatic hydroxyl groups excluding tert-OH is 1. The number of benzene rings is 1. The predicted octanol–water partition coefficient (Wildman–Crippen LogP) is 1.65. The van der Waals surface area contributed by atoms with E-state index in [0.717, 1.165) is 0 Å². The molecular formula is C16H25NO4. The van der Waals surface area contributed by atoms with Gasteiger partial charge in [0.1, 0.15) is 5.75 Å². The molecule has 1 rings (SSSR count). The number of carbonyl (C=O) groups is 1. The van der Waals surface area contributed by atoms with Crippen LogP contribution in [0.4, 0.5) is 0 Å². The summed E-state index contributed by atoms with van der Waals surface area (Å²) in [6.07, 6.45) is 1.44. The van der Waals surface area contributed by atoms with Crippen molar-refractivity contribution in [2.75, 3.05) is 13.2 Å². The number of amides is 1. The number of aryl methyl sites for hydroxylation is 2. The van der Waals surface area contributed by atoms with Crippen LogP contribution >= 0.6 is 0 Å². The molecule has 21 heavy (non-hydrogen) atoms. The van der Waals surface area contributed by atoms with Gasteiger partial charge in [0.2, 0.25) is 0 Å². The van der Waals surface area contributed by atoms with Gasteiger partial charge >= 0.3 is 0 Å². The van der Waals surface area contributed by atoms with Gasteiger partial charge in [-0.05, 0) is 56.4 Å². The quantitative estimate of drug-likeness (QED) is 0.616. The Morgan fingerprint density at radius 2 is 1.86 bits per heavy atom. The highest BCUT2D eigenvalue weighted by Crippen LogP contribution is 2.23. The second kappa shape index (κ2) is 7.43. The topological polar surface area (TPSA) is 89.8 Å². The van der Waals surface area contributed by atoms with Crippen LogP contribution in [0.5, 0.6) is 5.75 Å². The third kappa shape index (κ3) is 4.72. The monoisotopic (exact) mass is 295 g/mol. The summed E-state index contributed by atoms with van der Waals surface area (Å²) >= 11 is 0. The third-order valence-corrected chi connectivity index (χ3v) is 3.79. The molecule has 0 aromatic heterocycles. The molecule has 5 nitrogen and oxygen atoms in total. The molecule has 1 aromatic carbocycles. The normalized spacial score (nSPS) is 13.8. The summed E-state index contributed by atoms with van der Waals surface area (Å²) in [4.78, 5) is 12.1. The highest BCUT2D eigenvalue weighted by atomic mass is 16.3. The van der Waals surface area contributed by atoms with Gasteiger partial charge in [0.15, 0.2) is 0 Å². The Balaban J connectivity index is 2.73. The molecule has 0 saturated heterocycles. The van der Waals surface area contributed by atoms with Crippen molar-refractivity contribution in [2.45, 2.75) is 45.6 Å². The molecule has 0 saturated carbocycles. The van der Waals surface area contributed by atoms with Gasteiger partial charge in [0, 0.05) is 18.7 Å². The maximum Gasteiger partial charge on any atom is 0.251 e. The van der Waals surface area contributed by atoms with Gasteiger partial charge in [-0.25, -0.2) is 0 Å². The van der Waals surface area contributed by atoms with Crippen molar-refractivity contribution in [2.24, 2.45) is 0 Å². The van der Waals surface area contributed by atoms with Crippen molar-refractivity contribution in [1.29, 1.82) is 0 Å². The molecule has 1 aromatic rings. The van der Waals surface area contributed by atoms with E-state index in [2.05, 4.69) is 5.32 Å². The van der Waals surface area contributed by atoms with Gasteiger partial charge in [-0.2, -0.15) is 0 Å². The molecule has 0 heterocycles. The molecule has 118 valence electrons. The van der Waals surface area contributed by atoms with Crippen LogP contribution in [0.2, 0.25) is 0 Å². The third-order valence-electron chi connectivity index (χ3n) is 3.79. The Morgan fingerprint density at radius 1 is 1.29 bits per heavy atom. The summed E-state index contributed by atoms with van der Waals surface area (Å²) in [5.74, 6) is -0.0865. The van der Waals surface area contributed by atoms with E-state index in [4.69, 9.17) is 5.11 Å². The second-order valence-electron chi connectivity index (χ2n) is 5.55. The maximum absolute atomic E-state index is 12.1. The molecule has 0 unspecified atom stereocenters. The van der Waals surface area contributed by atoms with E-state index in [1.54, 1.807) is 26.0 Å². The number of phenolic OH excluding ortho intramolecular Hbond substituents is 1. The number of aromatic hydroxyl groups is 1. The predicted molar refractivity (Wildman–Crippen MR) is 81.5 cm³/mol. The Morgan fingerprint density at radius 3 is 2.33 bits per heavy atom. The van der Waals surface area contributed by atoms with Crippen LogP contribution in [0.1, 0.15) is 47.7 Å². The number of hydrogen-bond donors (Lipinski definition) is 4. The molecule has 0 spiro atoms. The van der Waals surface area contributed by atoms with Crippen molar-refractivity contribution < 1.29 is 20.1 Å². The lowest BCUT2D eigenvalue weighted by Crippen LogP contribution is -2.42. The van der Waals surface area contributed by atoms with Crippen LogP contribution in [0.3, 0.4) is 0 Å². The molecule has 0 bridgehead atoms. The first-order chi connectivity index (χ1) is 9.83. The van der Waals surface area contributed by atoms with E-state index in [0.29, 0.717) is 36.0 Å². The minimum atomic E-state index is -1.00. The summed E-state index contributed by atoms with van der Waals surface area (Å²) in [6.45, 7) is 5.48. The van der Waals surface area contributed by atoms with Gasteiger partial charge < -0.3 is 20.6 Å². The van der Waals surface area contributed by atoms with Crippen LogP contribution < -0.4 is 5.32 Å². The molecule has 0 fully saturated rings. The first-order valence-corrected chi connectivity index (χ1v) is 7.24. The standard InChI is InChI=1S/C16H25NO4/c1-4-16(21,6-5-7-18)10-17-15(20)13-8-11(2)14(19)12(3)9-13/h8-9,18-19,21H,4-7,10H2,1-3H3,(H,17,20)/t16-/m0/s1. The van der Waals surface area contributed by atoms with Crippen molar-refractivity contribution in [3.63, 3.8) is 0 Å². The zero-order valence-corrected chi connectivity index (χ0v) is 12.9. The van der Waals surface area contributed by atoms with E-state index < -0.39 is 5.60 Å². The van der Waals surface area contributed by atoms with Gasteiger partial charge in [0.25, 0.3) is 5.91 Å². The maximum atomic E-state index is 12.1. The molecule has 1 amide bonds. The molecule has 0 aliphatic carbocycles. The number of carbonyl (C=O) groups excluding carboxylic acids is 1. The number of aliphatic hydroxyl groups is 2.